The molecule has 2 N–H and O–H groups in total. The smallest absolute Gasteiger partial charge is 0.318 e. The van der Waals surface area contributed by atoms with E-state index in [1.165, 1.54) is 6.07 Å². The Bertz CT molecular complexity index is 1380. The highest BCUT2D eigenvalue weighted by Crippen LogP contribution is 2.31. The fourth-order valence-electron chi connectivity index (χ4n) is 3.50. The number of carbonyl (C=O) groups excluding carboxylic acids is 1. The molecule has 0 spiro atoms. The third-order valence-electron chi connectivity index (χ3n) is 5.24. The van der Waals surface area contributed by atoms with Gasteiger partial charge >= 0.3 is 6.18 Å². The van der Waals surface area contributed by atoms with Gasteiger partial charge in [0.05, 0.1) is 39.9 Å². The number of anilines is 1. The SMILES string of the molecule is Cc1nn(Cc2cccc(C(F)(F)F)c2)c(C)c1NC(=O)c1cc(-c2ccc(Cl)cc2Cl)n[nH]1. The first kappa shape index (κ1) is 23.8. The lowest BCUT2D eigenvalue weighted by atomic mass is 10.1. The molecule has 6 nitrogen and oxygen atoms in total. The van der Waals surface area contributed by atoms with Crippen LogP contribution in [0.5, 0.6) is 0 Å². The molecule has 0 fully saturated rings. The van der Waals surface area contributed by atoms with E-state index < -0.39 is 17.6 Å². The van der Waals surface area contributed by atoms with Crippen molar-refractivity contribution >= 4 is 34.8 Å². The summed E-state index contributed by atoms with van der Waals surface area (Å²) >= 11 is 12.1. The van der Waals surface area contributed by atoms with E-state index in [4.69, 9.17) is 23.2 Å². The normalized spacial score (nSPS) is 11.6. The molecule has 2 aromatic carbocycles. The number of rotatable bonds is 5. The van der Waals surface area contributed by atoms with Gasteiger partial charge < -0.3 is 5.32 Å². The van der Waals surface area contributed by atoms with Crippen LogP contribution in [0.2, 0.25) is 10.0 Å². The number of aromatic amines is 1. The first-order valence-electron chi connectivity index (χ1n) is 10.0. The summed E-state index contributed by atoms with van der Waals surface area (Å²) in [4.78, 5) is 12.8. The summed E-state index contributed by atoms with van der Waals surface area (Å²) in [5, 5.41) is 14.9. The molecular formula is C23H18Cl2F3N5O. The number of H-pyrrole nitrogens is 1. The molecule has 2 aromatic heterocycles. The van der Waals surface area contributed by atoms with E-state index in [9.17, 15) is 18.0 Å². The van der Waals surface area contributed by atoms with Gasteiger partial charge in [0, 0.05) is 10.6 Å². The van der Waals surface area contributed by atoms with Gasteiger partial charge in [0.1, 0.15) is 5.69 Å². The van der Waals surface area contributed by atoms with Gasteiger partial charge in [-0.2, -0.15) is 23.4 Å². The van der Waals surface area contributed by atoms with E-state index in [1.54, 1.807) is 48.9 Å². The van der Waals surface area contributed by atoms with Crippen LogP contribution >= 0.6 is 23.2 Å². The summed E-state index contributed by atoms with van der Waals surface area (Å²) in [5.74, 6) is -0.450. The van der Waals surface area contributed by atoms with E-state index in [0.29, 0.717) is 43.9 Å². The van der Waals surface area contributed by atoms with Crippen molar-refractivity contribution in [2.75, 3.05) is 5.32 Å². The molecular weight excluding hydrogens is 490 g/mol. The van der Waals surface area contributed by atoms with Gasteiger partial charge in [-0.25, -0.2) is 0 Å². The Morgan fingerprint density at radius 2 is 1.88 bits per heavy atom. The second-order valence-electron chi connectivity index (χ2n) is 7.65. The molecule has 0 saturated heterocycles. The Kier molecular flexibility index (Phi) is 6.42. The third kappa shape index (κ3) is 4.95. The summed E-state index contributed by atoms with van der Waals surface area (Å²) in [7, 11) is 0. The Balaban J connectivity index is 1.53. The van der Waals surface area contributed by atoms with Crippen LogP contribution in [0.4, 0.5) is 18.9 Å². The van der Waals surface area contributed by atoms with Gasteiger partial charge in [-0.1, -0.05) is 35.3 Å². The molecule has 4 aromatic rings. The first-order chi connectivity index (χ1) is 16.0. The lowest BCUT2D eigenvalue weighted by Gasteiger charge is -2.10. The van der Waals surface area contributed by atoms with Crippen molar-refractivity contribution in [3.8, 4) is 11.3 Å². The zero-order chi connectivity index (χ0) is 24.6. The van der Waals surface area contributed by atoms with E-state index in [-0.39, 0.29) is 12.2 Å². The van der Waals surface area contributed by atoms with Gasteiger partial charge in [-0.15, -0.1) is 0 Å². The number of halogens is 5. The molecule has 2 heterocycles. The number of carbonyl (C=O) groups is 1. The molecule has 176 valence electrons. The number of benzene rings is 2. The number of hydrogen-bond donors (Lipinski definition) is 2. The van der Waals surface area contributed by atoms with Crippen molar-refractivity contribution in [2.24, 2.45) is 0 Å². The minimum absolute atomic E-state index is 0.121. The van der Waals surface area contributed by atoms with E-state index in [2.05, 4.69) is 20.6 Å². The minimum atomic E-state index is -4.43. The molecule has 0 atom stereocenters. The zero-order valence-electron chi connectivity index (χ0n) is 18.0. The summed E-state index contributed by atoms with van der Waals surface area (Å²) in [6, 6.07) is 11.6. The summed E-state index contributed by atoms with van der Waals surface area (Å²) in [6.45, 7) is 3.56. The number of nitrogens with one attached hydrogen (secondary N) is 2. The van der Waals surface area contributed by atoms with Gasteiger partial charge in [0.2, 0.25) is 0 Å². The second kappa shape index (κ2) is 9.15. The van der Waals surface area contributed by atoms with Crippen molar-refractivity contribution < 1.29 is 18.0 Å². The Hall–Kier alpha value is -3.30. The summed E-state index contributed by atoms with van der Waals surface area (Å²) < 4.78 is 40.6. The van der Waals surface area contributed by atoms with E-state index in [0.717, 1.165) is 12.1 Å². The third-order valence-corrected chi connectivity index (χ3v) is 5.78. The highest BCUT2D eigenvalue weighted by Gasteiger charge is 2.30. The second-order valence-corrected chi connectivity index (χ2v) is 8.49. The zero-order valence-corrected chi connectivity index (χ0v) is 19.5. The van der Waals surface area contributed by atoms with Gasteiger partial charge in [-0.3, -0.25) is 14.6 Å². The standard InChI is InChI=1S/C23H18Cl2F3N5O/c1-12-21(13(2)33(32-12)11-14-4-3-5-15(8-14)23(26,27)28)29-22(34)20-10-19(30-31-20)17-7-6-16(24)9-18(17)25/h3-10H,11H2,1-2H3,(H,29,34)(H,30,31). The molecule has 0 aliphatic rings. The number of aromatic nitrogens is 4. The van der Waals surface area contributed by atoms with E-state index >= 15 is 0 Å². The number of nitrogens with zero attached hydrogens (tertiary/aromatic N) is 3. The molecule has 0 aliphatic carbocycles. The first-order valence-corrected chi connectivity index (χ1v) is 10.8. The fourth-order valence-corrected chi connectivity index (χ4v) is 4.01. The fraction of sp³-hybridized carbons (Fsp3) is 0.174. The average Bonchev–Trinajstić information content (AvgIpc) is 3.34. The molecule has 0 bridgehead atoms. The molecule has 0 aliphatic heterocycles. The maximum atomic E-state index is 13.0. The quantitative estimate of drug-likeness (QED) is 0.323. The molecule has 0 saturated carbocycles. The minimum Gasteiger partial charge on any atom is -0.318 e. The molecule has 0 unspecified atom stereocenters. The molecule has 34 heavy (non-hydrogen) atoms. The Morgan fingerprint density at radius 3 is 2.59 bits per heavy atom. The van der Waals surface area contributed by atoms with Crippen LogP contribution in [0.25, 0.3) is 11.3 Å². The number of aryl methyl sites for hydroxylation is 1. The van der Waals surface area contributed by atoms with Crippen LogP contribution in [-0.4, -0.2) is 25.9 Å². The maximum Gasteiger partial charge on any atom is 0.416 e. The number of hydrogen-bond acceptors (Lipinski definition) is 3. The predicted molar refractivity (Wildman–Crippen MR) is 124 cm³/mol. The van der Waals surface area contributed by atoms with Crippen LogP contribution < -0.4 is 5.32 Å². The number of alkyl halides is 3. The lowest BCUT2D eigenvalue weighted by molar-refractivity contribution is -0.137. The summed E-state index contributed by atoms with van der Waals surface area (Å²) in [6.07, 6.45) is -4.43. The van der Waals surface area contributed by atoms with Gasteiger partial charge in [0.25, 0.3) is 5.91 Å². The summed E-state index contributed by atoms with van der Waals surface area (Å²) in [5.41, 5.74) is 2.60. The highest BCUT2D eigenvalue weighted by atomic mass is 35.5. The topological polar surface area (TPSA) is 75.6 Å². The molecule has 0 radical (unpaired) electrons. The van der Waals surface area contributed by atoms with Gasteiger partial charge in [-0.05, 0) is 55.8 Å². The Morgan fingerprint density at radius 1 is 1.12 bits per heavy atom. The maximum absolute atomic E-state index is 13.0. The van der Waals surface area contributed by atoms with Gasteiger partial charge in [0.15, 0.2) is 0 Å². The van der Waals surface area contributed by atoms with Crippen LogP contribution in [0, 0.1) is 13.8 Å². The highest BCUT2D eigenvalue weighted by molar-refractivity contribution is 6.36. The largest absolute Gasteiger partial charge is 0.416 e. The van der Waals surface area contributed by atoms with Crippen LogP contribution in [0.1, 0.15) is 33.0 Å². The average molecular weight is 508 g/mol. The molecule has 1 amide bonds. The van der Waals surface area contributed by atoms with Crippen molar-refractivity contribution in [1.29, 1.82) is 0 Å². The van der Waals surface area contributed by atoms with E-state index in [1.807, 2.05) is 0 Å². The van der Waals surface area contributed by atoms with Crippen LogP contribution in [-0.2, 0) is 12.7 Å². The predicted octanol–water partition coefficient (Wildman–Crippen LogP) is 6.52. The van der Waals surface area contributed by atoms with Crippen molar-refractivity contribution in [1.82, 2.24) is 20.0 Å². The van der Waals surface area contributed by atoms with Crippen molar-refractivity contribution in [3.63, 3.8) is 0 Å². The molecule has 4 rings (SSSR count). The Labute approximate surface area is 202 Å². The van der Waals surface area contributed by atoms with Crippen LogP contribution in [0.3, 0.4) is 0 Å². The van der Waals surface area contributed by atoms with Crippen LogP contribution in [0.15, 0.2) is 48.5 Å². The molecule has 11 heteroatoms. The lowest BCUT2D eigenvalue weighted by Crippen LogP contribution is -2.14. The van der Waals surface area contributed by atoms with Crippen molar-refractivity contribution in [3.05, 3.63) is 86.8 Å². The monoisotopic (exact) mass is 507 g/mol. The van der Waals surface area contributed by atoms with Crippen molar-refractivity contribution in [2.45, 2.75) is 26.6 Å². The number of amides is 1.